The molecule has 0 spiro atoms. The van der Waals surface area contributed by atoms with Crippen molar-refractivity contribution in [3.63, 3.8) is 0 Å². The molecule has 0 fully saturated rings. The van der Waals surface area contributed by atoms with Crippen molar-refractivity contribution in [2.75, 3.05) is 0 Å². The second-order valence-corrected chi connectivity index (χ2v) is 4.29. The number of rotatable bonds is 7. The summed E-state index contributed by atoms with van der Waals surface area (Å²) >= 11 is 0. The zero-order valence-corrected chi connectivity index (χ0v) is 10.4. The molecule has 0 rings (SSSR count). The Morgan fingerprint density at radius 3 is 2.29 bits per heavy atom. The maximum atomic E-state index is 5.92. The van der Waals surface area contributed by atoms with E-state index in [0.717, 1.165) is 6.42 Å². The lowest BCUT2D eigenvalue weighted by Crippen LogP contribution is -2.24. The van der Waals surface area contributed by atoms with Crippen LogP contribution in [0.4, 0.5) is 0 Å². The summed E-state index contributed by atoms with van der Waals surface area (Å²) in [5, 5.41) is 0. The summed E-state index contributed by atoms with van der Waals surface area (Å²) in [6.07, 6.45) is 8.60. The van der Waals surface area contributed by atoms with Gasteiger partial charge in [0.05, 0.1) is 12.2 Å². The van der Waals surface area contributed by atoms with E-state index < -0.39 is 0 Å². The van der Waals surface area contributed by atoms with Crippen LogP contribution in [0.5, 0.6) is 0 Å². The van der Waals surface area contributed by atoms with Crippen molar-refractivity contribution < 1.29 is 4.74 Å². The molecule has 2 atom stereocenters. The van der Waals surface area contributed by atoms with Crippen LogP contribution in [0.2, 0.25) is 0 Å². The average molecular weight is 198 g/mol. The van der Waals surface area contributed by atoms with E-state index in [2.05, 4.69) is 46.8 Å². The summed E-state index contributed by atoms with van der Waals surface area (Å²) < 4.78 is 5.92. The fourth-order valence-electron chi connectivity index (χ4n) is 1.68. The molecule has 0 N–H and O–H groups in total. The Morgan fingerprint density at radius 1 is 1.21 bits per heavy atom. The quantitative estimate of drug-likeness (QED) is 0.558. The summed E-state index contributed by atoms with van der Waals surface area (Å²) in [7, 11) is 0. The van der Waals surface area contributed by atoms with Gasteiger partial charge in [-0.15, -0.1) is 0 Å². The molecule has 0 aliphatic rings. The van der Waals surface area contributed by atoms with Crippen molar-refractivity contribution in [1.82, 2.24) is 0 Å². The summed E-state index contributed by atoms with van der Waals surface area (Å²) in [6.45, 7) is 10.8. The van der Waals surface area contributed by atoms with Gasteiger partial charge in [-0.05, 0) is 39.5 Å². The van der Waals surface area contributed by atoms with Gasteiger partial charge < -0.3 is 4.74 Å². The topological polar surface area (TPSA) is 9.23 Å². The Kier molecular flexibility index (Phi) is 7.87. The van der Waals surface area contributed by atoms with Crippen molar-refractivity contribution >= 4 is 0 Å². The summed E-state index contributed by atoms with van der Waals surface area (Å²) in [5.74, 6) is 0.665. The Labute approximate surface area is 89.5 Å². The number of hydrogen-bond acceptors (Lipinski definition) is 1. The first-order valence-corrected chi connectivity index (χ1v) is 5.88. The number of ether oxygens (including phenoxy) is 1. The Hall–Kier alpha value is -0.300. The third-order valence-corrected chi connectivity index (χ3v) is 2.43. The van der Waals surface area contributed by atoms with Crippen molar-refractivity contribution in [1.29, 1.82) is 0 Å². The van der Waals surface area contributed by atoms with Gasteiger partial charge in [-0.25, -0.2) is 0 Å². The van der Waals surface area contributed by atoms with Crippen LogP contribution in [-0.2, 0) is 4.74 Å². The van der Waals surface area contributed by atoms with Gasteiger partial charge in [0, 0.05) is 0 Å². The maximum absolute atomic E-state index is 5.92. The van der Waals surface area contributed by atoms with Gasteiger partial charge in [0.1, 0.15) is 0 Å². The van der Waals surface area contributed by atoms with Gasteiger partial charge in [-0.3, -0.25) is 0 Å². The van der Waals surface area contributed by atoms with Crippen molar-refractivity contribution in [3.05, 3.63) is 12.2 Å². The molecule has 1 nitrogen and oxygen atoms in total. The molecular weight excluding hydrogens is 172 g/mol. The molecule has 1 heteroatoms. The first kappa shape index (κ1) is 13.7. The highest BCUT2D eigenvalue weighted by atomic mass is 16.5. The Balaban J connectivity index is 4.07. The van der Waals surface area contributed by atoms with E-state index in [-0.39, 0.29) is 0 Å². The molecule has 0 aromatic rings. The largest absolute Gasteiger partial charge is 0.375 e. The zero-order chi connectivity index (χ0) is 11.0. The fraction of sp³-hybridized carbons (Fsp3) is 0.846. The van der Waals surface area contributed by atoms with Crippen molar-refractivity contribution in [3.8, 4) is 0 Å². The molecule has 0 aromatic heterocycles. The van der Waals surface area contributed by atoms with Crippen molar-refractivity contribution in [2.45, 2.75) is 66.1 Å². The highest BCUT2D eigenvalue weighted by molar-refractivity contribution is 4.83. The molecule has 0 heterocycles. The van der Waals surface area contributed by atoms with E-state index in [1.54, 1.807) is 0 Å². The van der Waals surface area contributed by atoms with E-state index in [9.17, 15) is 0 Å². The smallest absolute Gasteiger partial charge is 0.0638 e. The Morgan fingerprint density at radius 2 is 1.86 bits per heavy atom. The molecule has 0 aliphatic carbocycles. The molecule has 0 radical (unpaired) electrons. The van der Waals surface area contributed by atoms with Crippen molar-refractivity contribution in [2.24, 2.45) is 5.92 Å². The zero-order valence-electron chi connectivity index (χ0n) is 10.4. The lowest BCUT2D eigenvalue weighted by molar-refractivity contribution is -0.0221. The van der Waals surface area contributed by atoms with E-state index in [1.807, 2.05) is 0 Å². The van der Waals surface area contributed by atoms with Crippen LogP contribution in [0.15, 0.2) is 12.2 Å². The van der Waals surface area contributed by atoms with E-state index in [4.69, 9.17) is 4.74 Å². The molecule has 0 bridgehead atoms. The lowest BCUT2D eigenvalue weighted by atomic mass is 9.96. The summed E-state index contributed by atoms with van der Waals surface area (Å²) in [6, 6.07) is 0. The van der Waals surface area contributed by atoms with E-state index in [1.165, 1.54) is 12.8 Å². The minimum Gasteiger partial charge on any atom is -0.375 e. The molecule has 2 unspecified atom stereocenters. The van der Waals surface area contributed by atoms with E-state index in [0.29, 0.717) is 18.1 Å². The normalized spacial score (nSPS) is 16.4. The van der Waals surface area contributed by atoms with Crippen LogP contribution in [-0.4, -0.2) is 12.2 Å². The van der Waals surface area contributed by atoms with Gasteiger partial charge in [-0.1, -0.05) is 32.4 Å². The highest BCUT2D eigenvalue weighted by Crippen LogP contribution is 2.19. The molecule has 0 saturated carbocycles. The molecule has 84 valence electrons. The average Bonchev–Trinajstić information content (AvgIpc) is 2.12. The van der Waals surface area contributed by atoms with Crippen LogP contribution in [0.3, 0.4) is 0 Å². The second kappa shape index (κ2) is 8.05. The first-order valence-electron chi connectivity index (χ1n) is 5.88. The van der Waals surface area contributed by atoms with Gasteiger partial charge in [0.15, 0.2) is 0 Å². The van der Waals surface area contributed by atoms with Crippen LogP contribution >= 0.6 is 0 Å². The minimum absolute atomic E-state index is 0.338. The lowest BCUT2D eigenvalue weighted by Gasteiger charge is -2.25. The SMILES string of the molecule is CC=CCC(OC(C)C)C(C)CCC. The highest BCUT2D eigenvalue weighted by Gasteiger charge is 2.16. The van der Waals surface area contributed by atoms with Crippen LogP contribution in [0.25, 0.3) is 0 Å². The third-order valence-electron chi connectivity index (χ3n) is 2.43. The molecule has 0 aliphatic heterocycles. The van der Waals surface area contributed by atoms with Gasteiger partial charge in [0.2, 0.25) is 0 Å². The summed E-state index contributed by atoms with van der Waals surface area (Å²) in [5.41, 5.74) is 0. The van der Waals surface area contributed by atoms with Crippen LogP contribution in [0.1, 0.15) is 53.9 Å². The predicted molar refractivity (Wildman–Crippen MR) is 63.5 cm³/mol. The standard InChI is InChI=1S/C13H26O/c1-6-8-10-13(14-11(3)4)12(5)9-7-2/h6,8,11-13H,7,9-10H2,1-5H3. The van der Waals surface area contributed by atoms with Crippen LogP contribution < -0.4 is 0 Å². The third kappa shape index (κ3) is 6.20. The monoisotopic (exact) mass is 198 g/mol. The van der Waals surface area contributed by atoms with Gasteiger partial charge >= 0.3 is 0 Å². The molecule has 0 amide bonds. The number of allylic oxidation sites excluding steroid dienone is 1. The van der Waals surface area contributed by atoms with Crippen LogP contribution in [0, 0.1) is 5.92 Å². The van der Waals surface area contributed by atoms with Gasteiger partial charge in [-0.2, -0.15) is 0 Å². The first-order chi connectivity index (χ1) is 6.61. The predicted octanol–water partition coefficient (Wildman–Crippen LogP) is 4.18. The molecule has 0 saturated heterocycles. The maximum Gasteiger partial charge on any atom is 0.0638 e. The molecular formula is C13H26O. The fourth-order valence-corrected chi connectivity index (χ4v) is 1.68. The second-order valence-electron chi connectivity index (χ2n) is 4.29. The van der Waals surface area contributed by atoms with E-state index >= 15 is 0 Å². The Bertz CT molecular complexity index is 149. The minimum atomic E-state index is 0.338. The van der Waals surface area contributed by atoms with Gasteiger partial charge in [0.25, 0.3) is 0 Å². The molecule has 0 aromatic carbocycles. The number of hydrogen-bond donors (Lipinski definition) is 0. The summed E-state index contributed by atoms with van der Waals surface area (Å²) in [4.78, 5) is 0. The molecule has 14 heavy (non-hydrogen) atoms.